The van der Waals surface area contributed by atoms with Gasteiger partial charge in [0.1, 0.15) is 11.4 Å². The van der Waals surface area contributed by atoms with Gasteiger partial charge in [-0.1, -0.05) is 29.8 Å². The molecule has 0 spiro atoms. The van der Waals surface area contributed by atoms with Gasteiger partial charge in [-0.05, 0) is 24.3 Å². The molecule has 0 unspecified atom stereocenters. The summed E-state index contributed by atoms with van der Waals surface area (Å²) in [4.78, 5) is 14.7. The Labute approximate surface area is 128 Å². The first-order chi connectivity index (χ1) is 10.6. The van der Waals surface area contributed by atoms with Crippen LogP contribution >= 0.6 is 11.6 Å². The average Bonchev–Trinajstić information content (AvgIpc) is 2.85. The first kappa shape index (κ1) is 13.1. The molecule has 0 radical (unpaired) electrons. The third-order valence-corrected chi connectivity index (χ3v) is 3.82. The number of H-pyrrole nitrogens is 1. The number of aromatic amines is 1. The van der Waals surface area contributed by atoms with Gasteiger partial charge < -0.3 is 9.40 Å². The van der Waals surface area contributed by atoms with E-state index < -0.39 is 5.82 Å². The second-order valence-corrected chi connectivity index (χ2v) is 5.41. The largest absolute Gasteiger partial charge is 0.454 e. The molecule has 22 heavy (non-hydrogen) atoms. The monoisotopic (exact) mass is 313 g/mol. The third-order valence-electron chi connectivity index (χ3n) is 3.58. The zero-order chi connectivity index (χ0) is 15.3. The van der Waals surface area contributed by atoms with Crippen LogP contribution in [0.5, 0.6) is 0 Å². The number of hydrogen-bond acceptors (Lipinski definition) is 2. The number of pyridine rings is 1. The highest BCUT2D eigenvalue weighted by Gasteiger charge is 2.16. The van der Waals surface area contributed by atoms with E-state index in [0.717, 1.165) is 0 Å². The lowest BCUT2D eigenvalue weighted by molar-refractivity contribution is 0.629. The summed E-state index contributed by atoms with van der Waals surface area (Å²) in [5, 5.41) is 1.23. The van der Waals surface area contributed by atoms with Crippen LogP contribution < -0.4 is 5.56 Å². The molecule has 4 aromatic rings. The molecule has 0 saturated carbocycles. The van der Waals surface area contributed by atoms with Crippen molar-refractivity contribution in [2.45, 2.75) is 0 Å². The van der Waals surface area contributed by atoms with Gasteiger partial charge in [0, 0.05) is 27.6 Å². The molecule has 2 heterocycles. The maximum Gasteiger partial charge on any atom is 0.249 e. The fraction of sp³-hybridized carbons (Fsp3) is 0. The lowest BCUT2D eigenvalue weighted by Crippen LogP contribution is -2.04. The molecule has 0 amide bonds. The molecule has 3 nitrogen and oxygen atoms in total. The third kappa shape index (κ3) is 1.92. The van der Waals surface area contributed by atoms with E-state index in [1.165, 1.54) is 12.1 Å². The summed E-state index contributed by atoms with van der Waals surface area (Å²) in [5.41, 5.74) is 1.95. The Balaban J connectivity index is 2.18. The number of halogens is 2. The molecule has 0 aliphatic carbocycles. The standard InChI is InChI=1S/C17H9ClFNO2/c18-9-5-6-14-12(7-9)16-17(22-14)11(8-15(21)20-16)10-3-1-2-4-13(10)19/h1-8H,(H,20,21). The maximum absolute atomic E-state index is 14.1. The van der Waals surface area contributed by atoms with Crippen LogP contribution in [0, 0.1) is 5.82 Å². The summed E-state index contributed by atoms with van der Waals surface area (Å²) in [6.07, 6.45) is 0. The second kappa shape index (κ2) is 4.71. The lowest BCUT2D eigenvalue weighted by atomic mass is 10.0. The number of aromatic nitrogens is 1. The van der Waals surface area contributed by atoms with Gasteiger partial charge >= 0.3 is 0 Å². The van der Waals surface area contributed by atoms with E-state index >= 15 is 0 Å². The fourth-order valence-electron chi connectivity index (χ4n) is 2.62. The minimum atomic E-state index is -0.409. The Kier molecular flexibility index (Phi) is 2.81. The van der Waals surface area contributed by atoms with Crippen molar-refractivity contribution in [1.29, 1.82) is 0 Å². The highest BCUT2D eigenvalue weighted by atomic mass is 35.5. The molecule has 2 aromatic carbocycles. The topological polar surface area (TPSA) is 46.0 Å². The van der Waals surface area contributed by atoms with Gasteiger partial charge in [0.05, 0.1) is 5.52 Å². The molecule has 108 valence electrons. The number of benzene rings is 2. The van der Waals surface area contributed by atoms with Gasteiger partial charge in [-0.15, -0.1) is 0 Å². The van der Waals surface area contributed by atoms with Gasteiger partial charge in [0.25, 0.3) is 0 Å². The molecule has 0 aliphatic heterocycles. The van der Waals surface area contributed by atoms with Crippen molar-refractivity contribution in [2.24, 2.45) is 0 Å². The molecule has 2 aromatic heterocycles. The van der Waals surface area contributed by atoms with E-state index in [-0.39, 0.29) is 5.56 Å². The Hall–Kier alpha value is -2.59. The van der Waals surface area contributed by atoms with Gasteiger partial charge in [0.2, 0.25) is 5.56 Å². The fourth-order valence-corrected chi connectivity index (χ4v) is 2.79. The van der Waals surface area contributed by atoms with Crippen LogP contribution in [0.25, 0.3) is 33.2 Å². The van der Waals surface area contributed by atoms with E-state index in [9.17, 15) is 9.18 Å². The summed E-state index contributed by atoms with van der Waals surface area (Å²) < 4.78 is 19.9. The number of rotatable bonds is 1. The van der Waals surface area contributed by atoms with Crippen LogP contribution in [0.3, 0.4) is 0 Å². The zero-order valence-electron chi connectivity index (χ0n) is 11.2. The summed E-state index contributed by atoms with van der Waals surface area (Å²) in [7, 11) is 0. The molecule has 0 aliphatic rings. The minimum Gasteiger partial charge on any atom is -0.454 e. The molecular formula is C17H9ClFNO2. The first-order valence-electron chi connectivity index (χ1n) is 6.63. The summed E-state index contributed by atoms with van der Waals surface area (Å²) in [6.45, 7) is 0. The molecule has 0 bridgehead atoms. The highest BCUT2D eigenvalue weighted by Crippen LogP contribution is 2.35. The van der Waals surface area contributed by atoms with Gasteiger partial charge in [-0.2, -0.15) is 0 Å². The van der Waals surface area contributed by atoms with Crippen molar-refractivity contribution < 1.29 is 8.81 Å². The molecule has 1 N–H and O–H groups in total. The van der Waals surface area contributed by atoms with E-state index in [1.54, 1.807) is 36.4 Å². The molecule has 0 fully saturated rings. The number of hydrogen-bond donors (Lipinski definition) is 1. The van der Waals surface area contributed by atoms with Crippen molar-refractivity contribution in [1.82, 2.24) is 4.98 Å². The molecule has 0 atom stereocenters. The Morgan fingerprint density at radius 3 is 2.68 bits per heavy atom. The molecule has 4 rings (SSSR count). The Morgan fingerprint density at radius 2 is 1.86 bits per heavy atom. The smallest absolute Gasteiger partial charge is 0.249 e. The van der Waals surface area contributed by atoms with Crippen LogP contribution in [0.2, 0.25) is 5.02 Å². The number of fused-ring (bicyclic) bond motifs is 3. The Bertz CT molecular complexity index is 1080. The lowest BCUT2D eigenvalue weighted by Gasteiger charge is -2.03. The molecule has 0 saturated heterocycles. The molecule has 5 heteroatoms. The van der Waals surface area contributed by atoms with E-state index in [2.05, 4.69) is 4.98 Å². The van der Waals surface area contributed by atoms with Crippen LogP contribution in [-0.2, 0) is 0 Å². The van der Waals surface area contributed by atoms with Crippen molar-refractivity contribution in [2.75, 3.05) is 0 Å². The van der Waals surface area contributed by atoms with E-state index in [1.807, 2.05) is 0 Å². The summed E-state index contributed by atoms with van der Waals surface area (Å²) >= 11 is 6.00. The Morgan fingerprint density at radius 1 is 1.05 bits per heavy atom. The normalized spacial score (nSPS) is 11.4. The average molecular weight is 314 g/mol. The van der Waals surface area contributed by atoms with Crippen molar-refractivity contribution >= 4 is 33.7 Å². The van der Waals surface area contributed by atoms with Crippen LogP contribution in [0.4, 0.5) is 4.39 Å². The minimum absolute atomic E-state index is 0.323. The highest BCUT2D eigenvalue weighted by molar-refractivity contribution is 6.31. The van der Waals surface area contributed by atoms with Crippen molar-refractivity contribution in [3.63, 3.8) is 0 Å². The first-order valence-corrected chi connectivity index (χ1v) is 7.01. The molecular weight excluding hydrogens is 305 g/mol. The SMILES string of the molecule is O=c1cc(-c2ccccc2F)c2oc3ccc(Cl)cc3c2[nH]1. The number of furan rings is 1. The number of nitrogens with one attached hydrogen (secondary N) is 1. The van der Waals surface area contributed by atoms with E-state index in [4.69, 9.17) is 16.0 Å². The van der Waals surface area contributed by atoms with Crippen molar-refractivity contribution in [3.8, 4) is 11.1 Å². The predicted octanol–water partition coefficient (Wildman–Crippen LogP) is 4.73. The predicted molar refractivity (Wildman–Crippen MR) is 84.7 cm³/mol. The van der Waals surface area contributed by atoms with E-state index in [0.29, 0.717) is 38.2 Å². The van der Waals surface area contributed by atoms with Gasteiger partial charge in [-0.25, -0.2) is 4.39 Å². The summed E-state index contributed by atoms with van der Waals surface area (Å²) in [5.74, 6) is -0.409. The van der Waals surface area contributed by atoms with Gasteiger partial charge in [-0.3, -0.25) is 4.79 Å². The zero-order valence-corrected chi connectivity index (χ0v) is 11.9. The van der Waals surface area contributed by atoms with Gasteiger partial charge in [0.15, 0.2) is 5.58 Å². The van der Waals surface area contributed by atoms with Crippen LogP contribution in [0.15, 0.2) is 57.7 Å². The second-order valence-electron chi connectivity index (χ2n) is 4.97. The quantitative estimate of drug-likeness (QED) is 0.552. The van der Waals surface area contributed by atoms with Crippen LogP contribution in [-0.4, -0.2) is 4.98 Å². The van der Waals surface area contributed by atoms with Crippen molar-refractivity contribution in [3.05, 3.63) is 69.7 Å². The summed E-state index contributed by atoms with van der Waals surface area (Å²) in [6, 6.07) is 12.8. The maximum atomic E-state index is 14.1. The van der Waals surface area contributed by atoms with Crippen LogP contribution in [0.1, 0.15) is 0 Å².